The van der Waals surface area contributed by atoms with Crippen LogP contribution in [0.3, 0.4) is 0 Å². The van der Waals surface area contributed by atoms with E-state index in [0.717, 1.165) is 0 Å². The van der Waals surface area contributed by atoms with Crippen LogP contribution in [0.4, 0.5) is 0 Å². The monoisotopic (exact) mass is 332 g/mol. The number of furan rings is 1. The summed E-state index contributed by atoms with van der Waals surface area (Å²) in [5.74, 6) is 0.0504. The number of esters is 2. The van der Waals surface area contributed by atoms with Crippen LogP contribution in [0.15, 0.2) is 34.7 Å². The smallest absolute Gasteiger partial charge is 0.344 e. The zero-order valence-corrected chi connectivity index (χ0v) is 13.2. The molecule has 0 aliphatic carbocycles. The van der Waals surface area contributed by atoms with E-state index in [1.54, 1.807) is 31.2 Å². The van der Waals surface area contributed by atoms with Gasteiger partial charge < -0.3 is 18.6 Å². The van der Waals surface area contributed by atoms with Crippen LogP contribution in [0, 0.1) is 6.92 Å². The second-order valence-electron chi connectivity index (χ2n) is 4.81. The van der Waals surface area contributed by atoms with E-state index in [-0.39, 0.29) is 18.8 Å². The highest BCUT2D eigenvalue weighted by Gasteiger charge is 2.16. The van der Waals surface area contributed by atoms with Gasteiger partial charge in [-0.15, -0.1) is 0 Å². The van der Waals surface area contributed by atoms with Crippen molar-refractivity contribution in [3.63, 3.8) is 0 Å². The molecule has 0 saturated carbocycles. The highest BCUT2D eigenvalue weighted by Crippen LogP contribution is 2.16. The first-order valence-electron chi connectivity index (χ1n) is 7.04. The van der Waals surface area contributed by atoms with Gasteiger partial charge in [-0.1, -0.05) is 0 Å². The summed E-state index contributed by atoms with van der Waals surface area (Å²) in [6.45, 7) is 1.21. The van der Waals surface area contributed by atoms with Crippen molar-refractivity contribution >= 4 is 18.2 Å². The number of carbonyl (C=O) groups excluding carboxylic acids is 3. The maximum Gasteiger partial charge on any atom is 0.344 e. The molecule has 7 nitrogen and oxygen atoms in total. The van der Waals surface area contributed by atoms with E-state index in [1.165, 1.54) is 13.2 Å². The average Bonchev–Trinajstić information content (AvgIpc) is 2.98. The topological polar surface area (TPSA) is 92.0 Å². The molecular weight excluding hydrogens is 316 g/mol. The summed E-state index contributed by atoms with van der Waals surface area (Å²) in [6.07, 6.45) is 0.714. The first kappa shape index (κ1) is 17.3. The summed E-state index contributed by atoms with van der Waals surface area (Å²) in [5, 5.41) is 0. The minimum atomic E-state index is -0.594. The number of carbonyl (C=O) groups is 3. The molecule has 2 aromatic rings. The van der Waals surface area contributed by atoms with Gasteiger partial charge in [-0.25, -0.2) is 9.59 Å². The van der Waals surface area contributed by atoms with Gasteiger partial charge in [0.15, 0.2) is 6.61 Å². The second kappa shape index (κ2) is 7.96. The van der Waals surface area contributed by atoms with E-state index in [1.807, 2.05) is 0 Å². The first-order valence-corrected chi connectivity index (χ1v) is 7.04. The molecule has 0 aliphatic rings. The minimum Gasteiger partial charge on any atom is -0.482 e. The van der Waals surface area contributed by atoms with Crippen molar-refractivity contribution in [1.29, 1.82) is 0 Å². The van der Waals surface area contributed by atoms with Crippen molar-refractivity contribution in [3.05, 3.63) is 53.0 Å². The molecular formula is C17H16O7. The van der Waals surface area contributed by atoms with Gasteiger partial charge in [-0.3, -0.25) is 4.79 Å². The summed E-state index contributed by atoms with van der Waals surface area (Å²) in [4.78, 5) is 33.7. The lowest BCUT2D eigenvalue weighted by Crippen LogP contribution is -2.14. The predicted octanol–water partition coefficient (Wildman–Crippen LogP) is 2.31. The zero-order valence-electron chi connectivity index (χ0n) is 13.2. The zero-order chi connectivity index (χ0) is 17.5. The quantitative estimate of drug-likeness (QED) is 0.567. The van der Waals surface area contributed by atoms with E-state index in [2.05, 4.69) is 4.74 Å². The van der Waals surface area contributed by atoms with Crippen molar-refractivity contribution < 1.29 is 33.0 Å². The largest absolute Gasteiger partial charge is 0.482 e. The number of aryl methyl sites for hydroxylation is 1. The maximum atomic E-state index is 11.7. The molecule has 0 amide bonds. The van der Waals surface area contributed by atoms with Gasteiger partial charge in [-0.05, 0) is 37.3 Å². The van der Waals surface area contributed by atoms with Crippen molar-refractivity contribution in [3.8, 4) is 5.75 Å². The van der Waals surface area contributed by atoms with Gasteiger partial charge in [0, 0.05) is 5.56 Å². The van der Waals surface area contributed by atoms with Crippen molar-refractivity contribution in [2.45, 2.75) is 13.5 Å². The summed E-state index contributed by atoms with van der Waals surface area (Å²) in [6, 6.07) is 7.78. The molecule has 0 spiro atoms. The fraction of sp³-hybridized carbons (Fsp3) is 0.235. The van der Waals surface area contributed by atoms with Crippen LogP contribution in [-0.4, -0.2) is 31.9 Å². The van der Waals surface area contributed by atoms with Crippen LogP contribution in [0.1, 0.15) is 32.2 Å². The van der Waals surface area contributed by atoms with Gasteiger partial charge in [0.25, 0.3) is 0 Å². The molecule has 0 bridgehead atoms. The van der Waals surface area contributed by atoms with Crippen molar-refractivity contribution in [2.24, 2.45) is 0 Å². The van der Waals surface area contributed by atoms with Crippen LogP contribution in [0.5, 0.6) is 5.75 Å². The van der Waals surface area contributed by atoms with Crippen LogP contribution in [-0.2, 0) is 20.9 Å². The van der Waals surface area contributed by atoms with E-state index < -0.39 is 11.9 Å². The molecule has 0 saturated heterocycles. The molecule has 0 N–H and O–H groups in total. The Kier molecular flexibility index (Phi) is 5.73. The Morgan fingerprint density at radius 2 is 1.92 bits per heavy atom. The van der Waals surface area contributed by atoms with Crippen LogP contribution < -0.4 is 4.74 Å². The highest BCUT2D eigenvalue weighted by atomic mass is 16.6. The summed E-state index contributed by atoms with van der Waals surface area (Å²) < 4.78 is 20.2. The first-order chi connectivity index (χ1) is 11.5. The van der Waals surface area contributed by atoms with Crippen LogP contribution in [0.2, 0.25) is 0 Å². The predicted molar refractivity (Wildman–Crippen MR) is 81.9 cm³/mol. The molecule has 0 atom stereocenters. The number of benzene rings is 1. The molecule has 1 heterocycles. The van der Waals surface area contributed by atoms with Crippen molar-refractivity contribution in [1.82, 2.24) is 0 Å². The lowest BCUT2D eigenvalue weighted by Gasteiger charge is -2.06. The van der Waals surface area contributed by atoms with Gasteiger partial charge in [-0.2, -0.15) is 0 Å². The van der Waals surface area contributed by atoms with E-state index in [0.29, 0.717) is 29.1 Å². The number of ether oxygens (including phenoxy) is 3. The van der Waals surface area contributed by atoms with E-state index in [9.17, 15) is 14.4 Å². The molecule has 0 radical (unpaired) electrons. The molecule has 0 unspecified atom stereocenters. The van der Waals surface area contributed by atoms with Crippen LogP contribution in [0.25, 0.3) is 0 Å². The number of rotatable bonds is 7. The van der Waals surface area contributed by atoms with Crippen LogP contribution >= 0.6 is 0 Å². The molecule has 0 aliphatic heterocycles. The summed E-state index contributed by atoms with van der Waals surface area (Å²) in [5.41, 5.74) is 0.801. The summed E-state index contributed by atoms with van der Waals surface area (Å²) >= 11 is 0. The Labute approximate surface area is 138 Å². The second-order valence-corrected chi connectivity index (χ2v) is 4.81. The normalized spacial score (nSPS) is 10.1. The van der Waals surface area contributed by atoms with Gasteiger partial charge in [0.2, 0.25) is 0 Å². The fourth-order valence-corrected chi connectivity index (χ4v) is 1.91. The number of methoxy groups -OCH3 is 1. The number of hydrogen-bond donors (Lipinski definition) is 0. The summed E-state index contributed by atoms with van der Waals surface area (Å²) in [7, 11) is 1.27. The Morgan fingerprint density at radius 1 is 1.21 bits per heavy atom. The van der Waals surface area contributed by atoms with Crippen molar-refractivity contribution in [2.75, 3.05) is 13.7 Å². The third-order valence-corrected chi connectivity index (χ3v) is 3.12. The molecule has 0 fully saturated rings. The average molecular weight is 332 g/mol. The Bertz CT molecular complexity index is 728. The molecule has 2 rings (SSSR count). The molecule has 1 aromatic heterocycles. The Morgan fingerprint density at radius 3 is 2.54 bits per heavy atom. The fourth-order valence-electron chi connectivity index (χ4n) is 1.91. The number of aldehydes is 1. The lowest BCUT2D eigenvalue weighted by molar-refractivity contribution is -0.147. The van der Waals surface area contributed by atoms with E-state index in [4.69, 9.17) is 13.9 Å². The molecule has 24 heavy (non-hydrogen) atoms. The lowest BCUT2D eigenvalue weighted by atomic mass is 10.2. The van der Waals surface area contributed by atoms with E-state index >= 15 is 0 Å². The maximum absolute atomic E-state index is 11.7. The molecule has 7 heteroatoms. The van der Waals surface area contributed by atoms with Gasteiger partial charge in [0.05, 0.1) is 7.11 Å². The Hall–Kier alpha value is -3.09. The van der Waals surface area contributed by atoms with Gasteiger partial charge >= 0.3 is 11.9 Å². The standard InChI is InChI=1S/C17H16O7/c1-11-15(17(20)21-2)7-14(24-11)9-23-16(19)10-22-13-5-3-12(8-18)4-6-13/h3-8H,9-10H2,1-2H3. The molecule has 126 valence electrons. The highest BCUT2D eigenvalue weighted by molar-refractivity contribution is 5.90. The van der Waals surface area contributed by atoms with Gasteiger partial charge in [0.1, 0.15) is 35.7 Å². The minimum absolute atomic E-state index is 0.121. The SMILES string of the molecule is COC(=O)c1cc(COC(=O)COc2ccc(C=O)cc2)oc1C. The molecule has 1 aromatic carbocycles. The third kappa shape index (κ3) is 4.45. The Balaban J connectivity index is 1.82. The number of hydrogen-bond acceptors (Lipinski definition) is 7. The third-order valence-electron chi connectivity index (χ3n) is 3.12.